The number of nitrogens with zero attached hydrogens (tertiary/aromatic N) is 1. The van der Waals surface area contributed by atoms with Crippen LogP contribution in [-0.2, 0) is 20.3 Å². The van der Waals surface area contributed by atoms with Gasteiger partial charge in [-0.25, -0.2) is 8.42 Å². The molecular formula is C12H14ClNO4S. The molecule has 1 aromatic rings. The number of carbonyl (C=O) groups is 1. The fourth-order valence-corrected chi connectivity index (χ4v) is 3.51. The standard InChI is InChI=1S/C12H14ClNO4S/c1-2-8-9(14-7-6-10(15)12(14)16)4-3-5-11(8)19(13,17)18/h3-5,10,15H,2,6-7H2,1H3/t10-/m0/s1. The number of carbonyl (C=O) groups excluding carboxylic acids is 1. The molecule has 0 spiro atoms. The topological polar surface area (TPSA) is 74.7 Å². The van der Waals surface area contributed by atoms with E-state index in [2.05, 4.69) is 0 Å². The Labute approximate surface area is 116 Å². The highest BCUT2D eigenvalue weighted by Gasteiger charge is 2.32. The molecule has 1 aliphatic heterocycles. The maximum atomic E-state index is 11.8. The van der Waals surface area contributed by atoms with E-state index in [0.29, 0.717) is 30.6 Å². The van der Waals surface area contributed by atoms with Gasteiger partial charge in [-0.05, 0) is 24.1 Å². The molecule has 5 nitrogen and oxygen atoms in total. The number of amides is 1. The van der Waals surface area contributed by atoms with E-state index >= 15 is 0 Å². The predicted octanol–water partition coefficient (Wildman–Crippen LogP) is 1.27. The van der Waals surface area contributed by atoms with Crippen molar-refractivity contribution in [2.24, 2.45) is 0 Å². The third-order valence-corrected chi connectivity index (χ3v) is 4.60. The highest BCUT2D eigenvalue weighted by atomic mass is 35.7. The maximum Gasteiger partial charge on any atom is 0.261 e. The van der Waals surface area contributed by atoms with Gasteiger partial charge < -0.3 is 10.0 Å². The third kappa shape index (κ3) is 2.61. The summed E-state index contributed by atoms with van der Waals surface area (Å²) in [5, 5.41) is 9.49. The minimum Gasteiger partial charge on any atom is -0.383 e. The number of hydrogen-bond acceptors (Lipinski definition) is 4. The molecule has 0 unspecified atom stereocenters. The summed E-state index contributed by atoms with van der Waals surface area (Å²) in [6, 6.07) is 4.63. The third-order valence-electron chi connectivity index (χ3n) is 3.19. The van der Waals surface area contributed by atoms with Gasteiger partial charge in [0.1, 0.15) is 6.10 Å². The van der Waals surface area contributed by atoms with Crippen molar-refractivity contribution in [3.63, 3.8) is 0 Å². The summed E-state index contributed by atoms with van der Waals surface area (Å²) >= 11 is 0. The Morgan fingerprint density at radius 3 is 2.63 bits per heavy atom. The molecule has 0 aromatic heterocycles. The van der Waals surface area contributed by atoms with Gasteiger partial charge >= 0.3 is 0 Å². The van der Waals surface area contributed by atoms with Crippen molar-refractivity contribution in [1.82, 2.24) is 0 Å². The molecule has 1 aromatic carbocycles. The first kappa shape index (κ1) is 14.3. The van der Waals surface area contributed by atoms with E-state index in [1.54, 1.807) is 19.1 Å². The zero-order valence-corrected chi connectivity index (χ0v) is 11.9. The van der Waals surface area contributed by atoms with Crippen molar-refractivity contribution >= 4 is 31.3 Å². The van der Waals surface area contributed by atoms with Crippen LogP contribution in [0.25, 0.3) is 0 Å². The Balaban J connectivity index is 2.56. The normalized spacial score (nSPS) is 20.1. The number of aliphatic hydroxyl groups excluding tert-OH is 1. The van der Waals surface area contributed by atoms with Crippen LogP contribution in [0, 0.1) is 0 Å². The fraction of sp³-hybridized carbons (Fsp3) is 0.417. The summed E-state index contributed by atoms with van der Waals surface area (Å²) in [7, 11) is 1.55. The van der Waals surface area contributed by atoms with Crippen LogP contribution in [0.3, 0.4) is 0 Å². The van der Waals surface area contributed by atoms with Crippen molar-refractivity contribution < 1.29 is 18.3 Å². The molecule has 19 heavy (non-hydrogen) atoms. The molecule has 0 bridgehead atoms. The number of hydrogen-bond donors (Lipinski definition) is 1. The number of anilines is 1. The SMILES string of the molecule is CCc1c(N2CC[C@H](O)C2=O)cccc1S(=O)(=O)Cl. The van der Waals surface area contributed by atoms with E-state index in [-0.39, 0.29) is 4.90 Å². The largest absolute Gasteiger partial charge is 0.383 e. The summed E-state index contributed by atoms with van der Waals surface area (Å²) < 4.78 is 23.1. The highest BCUT2D eigenvalue weighted by molar-refractivity contribution is 8.13. The van der Waals surface area contributed by atoms with Crippen LogP contribution in [0.5, 0.6) is 0 Å². The molecule has 1 fully saturated rings. The highest BCUT2D eigenvalue weighted by Crippen LogP contribution is 2.32. The van der Waals surface area contributed by atoms with Gasteiger partial charge in [0.05, 0.1) is 4.90 Å². The van der Waals surface area contributed by atoms with E-state index in [0.717, 1.165) is 0 Å². The Kier molecular flexibility index (Phi) is 3.85. The lowest BCUT2D eigenvalue weighted by Gasteiger charge is -2.20. The molecule has 2 rings (SSSR count). The number of rotatable bonds is 3. The lowest BCUT2D eigenvalue weighted by Crippen LogP contribution is -2.30. The quantitative estimate of drug-likeness (QED) is 0.854. The second-order valence-corrected chi connectivity index (χ2v) is 6.87. The minimum atomic E-state index is -3.86. The molecule has 1 aliphatic rings. The van der Waals surface area contributed by atoms with Gasteiger partial charge in [-0.2, -0.15) is 0 Å². The van der Waals surface area contributed by atoms with E-state index in [9.17, 15) is 18.3 Å². The Bertz CT molecular complexity index is 614. The number of aliphatic hydroxyl groups is 1. The molecule has 7 heteroatoms. The first-order chi connectivity index (χ1) is 8.86. The Morgan fingerprint density at radius 1 is 1.47 bits per heavy atom. The van der Waals surface area contributed by atoms with Crippen molar-refractivity contribution in [2.45, 2.75) is 30.8 Å². The summed E-state index contributed by atoms with van der Waals surface area (Å²) in [6.45, 7) is 2.17. The molecule has 0 aliphatic carbocycles. The van der Waals surface area contributed by atoms with Gasteiger partial charge in [0.2, 0.25) is 0 Å². The van der Waals surface area contributed by atoms with E-state index in [1.807, 2.05) is 0 Å². The molecule has 1 saturated heterocycles. The van der Waals surface area contributed by atoms with E-state index < -0.39 is 21.1 Å². The smallest absolute Gasteiger partial charge is 0.261 e. The number of halogens is 1. The van der Waals surface area contributed by atoms with E-state index in [1.165, 1.54) is 11.0 Å². The Hall–Kier alpha value is -1.11. The second kappa shape index (κ2) is 5.11. The predicted molar refractivity (Wildman–Crippen MR) is 71.8 cm³/mol. The van der Waals surface area contributed by atoms with Crippen molar-refractivity contribution in [3.8, 4) is 0 Å². The van der Waals surface area contributed by atoms with Gasteiger partial charge in [0.25, 0.3) is 15.0 Å². The van der Waals surface area contributed by atoms with Gasteiger partial charge in [-0.3, -0.25) is 4.79 Å². The summed E-state index contributed by atoms with van der Waals surface area (Å²) in [6.07, 6.45) is -0.238. The summed E-state index contributed by atoms with van der Waals surface area (Å²) in [5.74, 6) is -0.404. The molecule has 1 heterocycles. The molecule has 1 N–H and O–H groups in total. The first-order valence-electron chi connectivity index (χ1n) is 5.92. The van der Waals surface area contributed by atoms with Crippen LogP contribution in [0.15, 0.2) is 23.1 Å². The monoisotopic (exact) mass is 303 g/mol. The van der Waals surface area contributed by atoms with E-state index in [4.69, 9.17) is 10.7 Å². The summed E-state index contributed by atoms with van der Waals surface area (Å²) in [5.41, 5.74) is 1.01. The molecule has 1 atom stereocenters. The van der Waals surface area contributed by atoms with Gasteiger partial charge in [0.15, 0.2) is 0 Å². The Morgan fingerprint density at radius 2 is 2.16 bits per heavy atom. The molecular weight excluding hydrogens is 290 g/mol. The molecule has 0 radical (unpaired) electrons. The van der Waals surface area contributed by atoms with Crippen LogP contribution in [0.2, 0.25) is 0 Å². The maximum absolute atomic E-state index is 11.8. The van der Waals surface area contributed by atoms with Gasteiger partial charge in [0, 0.05) is 29.3 Å². The average Bonchev–Trinajstić information content (AvgIpc) is 2.68. The van der Waals surface area contributed by atoms with Crippen LogP contribution in [0.1, 0.15) is 18.9 Å². The van der Waals surface area contributed by atoms with Crippen LogP contribution < -0.4 is 4.90 Å². The van der Waals surface area contributed by atoms with Crippen LogP contribution >= 0.6 is 10.7 Å². The zero-order valence-electron chi connectivity index (χ0n) is 10.3. The summed E-state index contributed by atoms with van der Waals surface area (Å²) in [4.78, 5) is 13.3. The van der Waals surface area contributed by atoms with Crippen molar-refractivity contribution in [1.29, 1.82) is 0 Å². The lowest BCUT2D eigenvalue weighted by molar-refractivity contribution is -0.124. The van der Waals surface area contributed by atoms with Crippen molar-refractivity contribution in [3.05, 3.63) is 23.8 Å². The minimum absolute atomic E-state index is 0.0170. The van der Waals surface area contributed by atoms with Crippen molar-refractivity contribution in [2.75, 3.05) is 11.4 Å². The van der Waals surface area contributed by atoms with Crippen LogP contribution in [0.4, 0.5) is 5.69 Å². The lowest BCUT2D eigenvalue weighted by atomic mass is 10.1. The zero-order chi connectivity index (χ0) is 14.2. The molecule has 104 valence electrons. The van der Waals surface area contributed by atoms with Crippen LogP contribution in [-0.4, -0.2) is 32.1 Å². The second-order valence-electron chi connectivity index (χ2n) is 4.34. The fourth-order valence-electron chi connectivity index (χ4n) is 2.29. The van der Waals surface area contributed by atoms with Gasteiger partial charge in [-0.1, -0.05) is 13.0 Å². The molecule has 0 saturated carbocycles. The molecule has 1 amide bonds. The number of benzene rings is 1. The first-order valence-corrected chi connectivity index (χ1v) is 8.23. The van der Waals surface area contributed by atoms with Gasteiger partial charge in [-0.15, -0.1) is 0 Å². The average molecular weight is 304 g/mol.